The highest BCUT2D eigenvalue weighted by atomic mass is 16.5. The average Bonchev–Trinajstić information content (AvgIpc) is 2.76. The van der Waals surface area contributed by atoms with Gasteiger partial charge >= 0.3 is 0 Å². The van der Waals surface area contributed by atoms with Crippen LogP contribution in [0, 0.1) is 0 Å². The fraction of sp³-hybridized carbons (Fsp3) is 0.385. The first-order chi connectivity index (χ1) is 8.86. The molecule has 1 aromatic carbocycles. The Hall–Kier alpha value is -1.88. The maximum atomic E-state index is 5.31. The van der Waals surface area contributed by atoms with E-state index < -0.39 is 0 Å². The Morgan fingerprint density at radius 1 is 1.39 bits per heavy atom. The lowest BCUT2D eigenvalue weighted by molar-refractivity contribution is 0.306. The molecular weight excluding hydrogens is 230 g/mol. The molecule has 94 valence electrons. The van der Waals surface area contributed by atoms with Crippen LogP contribution in [0.4, 0.5) is 0 Å². The van der Waals surface area contributed by atoms with Crippen LogP contribution >= 0.6 is 0 Å². The third-order valence-electron chi connectivity index (χ3n) is 3.16. The van der Waals surface area contributed by atoms with E-state index in [0.717, 1.165) is 30.3 Å². The number of para-hydroxylation sites is 1. The number of nitrogens with one attached hydrogen (secondary N) is 1. The van der Waals surface area contributed by atoms with Gasteiger partial charge in [-0.1, -0.05) is 23.4 Å². The largest absolute Gasteiger partial charge is 0.496 e. The van der Waals surface area contributed by atoms with Gasteiger partial charge in [0.2, 0.25) is 5.89 Å². The van der Waals surface area contributed by atoms with Crippen molar-refractivity contribution in [2.75, 3.05) is 20.2 Å². The van der Waals surface area contributed by atoms with Crippen molar-refractivity contribution in [3.05, 3.63) is 41.5 Å². The monoisotopic (exact) mass is 245 g/mol. The van der Waals surface area contributed by atoms with Crippen LogP contribution in [0.5, 0.6) is 5.75 Å². The van der Waals surface area contributed by atoms with Crippen molar-refractivity contribution in [1.29, 1.82) is 0 Å². The SMILES string of the molecule is COc1ccccc1Cc1noc(C2CNC2)n1. The zero-order chi connectivity index (χ0) is 12.4. The van der Waals surface area contributed by atoms with Gasteiger partial charge < -0.3 is 14.6 Å². The van der Waals surface area contributed by atoms with Crippen LogP contribution in [0.3, 0.4) is 0 Å². The van der Waals surface area contributed by atoms with Crippen molar-refractivity contribution >= 4 is 0 Å². The van der Waals surface area contributed by atoms with Crippen LogP contribution < -0.4 is 10.1 Å². The molecule has 2 aromatic rings. The first-order valence-electron chi connectivity index (χ1n) is 6.02. The summed E-state index contributed by atoms with van der Waals surface area (Å²) in [5, 5.41) is 7.21. The highest BCUT2D eigenvalue weighted by Gasteiger charge is 2.25. The van der Waals surface area contributed by atoms with Gasteiger partial charge in [-0.25, -0.2) is 0 Å². The number of methoxy groups -OCH3 is 1. The Kier molecular flexibility index (Phi) is 2.98. The van der Waals surface area contributed by atoms with Crippen LogP contribution in [0.25, 0.3) is 0 Å². The maximum Gasteiger partial charge on any atom is 0.232 e. The summed E-state index contributed by atoms with van der Waals surface area (Å²) in [6, 6.07) is 7.88. The standard InChI is InChI=1S/C13H15N3O2/c1-17-11-5-3-2-4-9(11)6-12-15-13(18-16-12)10-7-14-8-10/h2-5,10,14H,6-8H2,1H3. The second kappa shape index (κ2) is 4.78. The molecule has 5 heteroatoms. The number of hydrogen-bond donors (Lipinski definition) is 1. The van der Waals surface area contributed by atoms with Crippen molar-refractivity contribution in [3.63, 3.8) is 0 Å². The van der Waals surface area contributed by atoms with Gasteiger partial charge in [0.1, 0.15) is 5.75 Å². The molecule has 0 spiro atoms. The molecule has 0 bridgehead atoms. The van der Waals surface area contributed by atoms with E-state index in [1.807, 2.05) is 24.3 Å². The number of hydrogen-bond acceptors (Lipinski definition) is 5. The third kappa shape index (κ3) is 2.09. The van der Waals surface area contributed by atoms with E-state index in [1.165, 1.54) is 0 Å². The predicted molar refractivity (Wildman–Crippen MR) is 65.7 cm³/mol. The summed E-state index contributed by atoms with van der Waals surface area (Å²) < 4.78 is 10.6. The average molecular weight is 245 g/mol. The minimum atomic E-state index is 0.379. The summed E-state index contributed by atoms with van der Waals surface area (Å²) in [6.45, 7) is 1.85. The Morgan fingerprint density at radius 3 is 2.94 bits per heavy atom. The minimum Gasteiger partial charge on any atom is -0.496 e. The second-order valence-corrected chi connectivity index (χ2v) is 4.39. The molecule has 18 heavy (non-hydrogen) atoms. The molecule has 1 aliphatic rings. The maximum absolute atomic E-state index is 5.31. The van der Waals surface area contributed by atoms with Crippen molar-refractivity contribution in [1.82, 2.24) is 15.5 Å². The summed E-state index contributed by atoms with van der Waals surface area (Å²) in [7, 11) is 1.67. The van der Waals surface area contributed by atoms with E-state index >= 15 is 0 Å². The summed E-state index contributed by atoms with van der Waals surface area (Å²) in [5.74, 6) is 2.68. The number of rotatable bonds is 4. The van der Waals surface area contributed by atoms with Crippen LogP contribution in [0.1, 0.15) is 23.2 Å². The van der Waals surface area contributed by atoms with Gasteiger partial charge in [-0.2, -0.15) is 4.98 Å². The third-order valence-corrected chi connectivity index (χ3v) is 3.16. The van der Waals surface area contributed by atoms with E-state index in [-0.39, 0.29) is 0 Å². The van der Waals surface area contributed by atoms with E-state index in [0.29, 0.717) is 18.2 Å². The molecule has 5 nitrogen and oxygen atoms in total. The van der Waals surface area contributed by atoms with Crippen LogP contribution in [-0.4, -0.2) is 30.3 Å². The first kappa shape index (κ1) is 11.2. The molecule has 1 aromatic heterocycles. The molecule has 0 amide bonds. The van der Waals surface area contributed by atoms with Gasteiger partial charge in [0.15, 0.2) is 5.82 Å². The highest BCUT2D eigenvalue weighted by Crippen LogP contribution is 2.22. The molecule has 2 heterocycles. The van der Waals surface area contributed by atoms with Gasteiger partial charge in [-0.05, 0) is 6.07 Å². The zero-order valence-corrected chi connectivity index (χ0v) is 10.2. The number of nitrogens with zero attached hydrogens (tertiary/aromatic N) is 2. The van der Waals surface area contributed by atoms with Gasteiger partial charge in [-0.15, -0.1) is 0 Å². The fourth-order valence-electron chi connectivity index (χ4n) is 1.99. The van der Waals surface area contributed by atoms with Gasteiger partial charge in [0, 0.05) is 25.1 Å². The van der Waals surface area contributed by atoms with Crippen LogP contribution in [-0.2, 0) is 6.42 Å². The van der Waals surface area contributed by atoms with E-state index in [9.17, 15) is 0 Å². The van der Waals surface area contributed by atoms with Crippen molar-refractivity contribution in [2.24, 2.45) is 0 Å². The van der Waals surface area contributed by atoms with Gasteiger partial charge in [0.25, 0.3) is 0 Å². The molecule has 1 saturated heterocycles. The van der Waals surface area contributed by atoms with E-state index in [2.05, 4.69) is 15.5 Å². The molecule has 3 rings (SSSR count). The lowest BCUT2D eigenvalue weighted by Crippen LogP contribution is -2.40. The molecule has 1 aliphatic heterocycles. The molecule has 0 atom stereocenters. The second-order valence-electron chi connectivity index (χ2n) is 4.39. The molecule has 1 N–H and O–H groups in total. The lowest BCUT2D eigenvalue weighted by atomic mass is 10.0. The van der Waals surface area contributed by atoms with Crippen LogP contribution in [0.15, 0.2) is 28.8 Å². The van der Waals surface area contributed by atoms with Crippen molar-refractivity contribution < 1.29 is 9.26 Å². The zero-order valence-electron chi connectivity index (χ0n) is 10.2. The molecule has 0 aliphatic carbocycles. The molecule has 0 radical (unpaired) electrons. The summed E-state index contributed by atoms with van der Waals surface area (Å²) >= 11 is 0. The Bertz CT molecular complexity index is 535. The first-order valence-corrected chi connectivity index (χ1v) is 6.02. The molecule has 0 unspecified atom stereocenters. The topological polar surface area (TPSA) is 60.2 Å². The molecular formula is C13H15N3O2. The van der Waals surface area contributed by atoms with Crippen LogP contribution in [0.2, 0.25) is 0 Å². The quantitative estimate of drug-likeness (QED) is 0.881. The Balaban J connectivity index is 1.77. The predicted octanol–water partition coefficient (Wildman–Crippen LogP) is 1.36. The van der Waals surface area contributed by atoms with E-state index in [1.54, 1.807) is 7.11 Å². The summed E-state index contributed by atoms with van der Waals surface area (Å²) in [6.07, 6.45) is 0.633. The molecule has 1 fully saturated rings. The van der Waals surface area contributed by atoms with Crippen molar-refractivity contribution in [2.45, 2.75) is 12.3 Å². The van der Waals surface area contributed by atoms with E-state index in [4.69, 9.17) is 9.26 Å². The lowest BCUT2D eigenvalue weighted by Gasteiger charge is -2.22. The number of benzene rings is 1. The smallest absolute Gasteiger partial charge is 0.232 e. The minimum absolute atomic E-state index is 0.379. The molecule has 0 saturated carbocycles. The highest BCUT2D eigenvalue weighted by molar-refractivity contribution is 5.35. The fourth-order valence-corrected chi connectivity index (χ4v) is 1.99. The normalized spacial score (nSPS) is 15.4. The van der Waals surface area contributed by atoms with Gasteiger partial charge in [0.05, 0.1) is 13.0 Å². The van der Waals surface area contributed by atoms with Crippen molar-refractivity contribution in [3.8, 4) is 5.75 Å². The number of aromatic nitrogens is 2. The summed E-state index contributed by atoms with van der Waals surface area (Å²) in [4.78, 5) is 4.43. The number of ether oxygens (including phenoxy) is 1. The van der Waals surface area contributed by atoms with Gasteiger partial charge in [-0.3, -0.25) is 0 Å². The summed E-state index contributed by atoms with van der Waals surface area (Å²) in [5.41, 5.74) is 1.07. The Morgan fingerprint density at radius 2 is 2.22 bits per heavy atom. The Labute approximate surface area is 105 Å².